The molecular weight excluding hydrogens is 384 g/mol. The van der Waals surface area contributed by atoms with Crippen molar-refractivity contribution in [2.24, 2.45) is 39.7 Å². The van der Waals surface area contributed by atoms with E-state index in [1.807, 2.05) is 6.92 Å². The van der Waals surface area contributed by atoms with E-state index in [2.05, 4.69) is 25.1 Å². The number of aliphatic hydroxyl groups excluding tert-OH is 1. The summed E-state index contributed by atoms with van der Waals surface area (Å²) < 4.78 is 12.1. The lowest BCUT2D eigenvalue weighted by atomic mass is 9.44. The van der Waals surface area contributed by atoms with E-state index in [0.717, 1.165) is 38.5 Å². The lowest BCUT2D eigenvalue weighted by Crippen LogP contribution is -2.69. The third-order valence-corrected chi connectivity index (χ3v) is 10.2. The van der Waals surface area contributed by atoms with E-state index >= 15 is 0 Å². The van der Waals surface area contributed by atoms with Crippen molar-refractivity contribution < 1.29 is 19.4 Å². The maximum atomic E-state index is 11.7. The van der Waals surface area contributed by atoms with Crippen LogP contribution in [0.4, 0.5) is 0 Å². The van der Waals surface area contributed by atoms with Crippen molar-refractivity contribution in [2.45, 2.75) is 89.3 Å². The van der Waals surface area contributed by atoms with E-state index in [1.54, 1.807) is 0 Å². The van der Waals surface area contributed by atoms with Crippen molar-refractivity contribution in [1.29, 1.82) is 0 Å². The number of ether oxygens (including phenoxy) is 2. The van der Waals surface area contributed by atoms with E-state index in [9.17, 15) is 10.0 Å². The number of allylic oxidation sites excluding steroid dienone is 1. The van der Waals surface area contributed by atoms with Crippen LogP contribution >= 0.6 is 0 Å². The van der Waals surface area contributed by atoms with Gasteiger partial charge in [0.2, 0.25) is 0 Å². The Bertz CT molecular complexity index is 752. The van der Waals surface area contributed by atoms with Crippen LogP contribution in [0.15, 0.2) is 16.8 Å². The monoisotopic (exact) mass is 420 g/mol. The van der Waals surface area contributed by atoms with Crippen LogP contribution in [0.1, 0.15) is 65.7 Å². The SMILES string of the molecule is CC1(C2CC[C@]3(ON)C4CC=C5C[C@@H](N=O)CC[C@]5(C)C4C[C@@H](O)[C@]23C)OCCO1. The Hall–Kier alpha value is -0.860. The number of nitroso groups, excluding NO2 is 1. The van der Waals surface area contributed by atoms with Crippen molar-refractivity contribution in [2.75, 3.05) is 13.2 Å². The highest BCUT2D eigenvalue weighted by molar-refractivity contribution is 5.30. The lowest BCUT2D eigenvalue weighted by molar-refractivity contribution is -0.287. The topological polar surface area (TPSA) is 103 Å². The van der Waals surface area contributed by atoms with Crippen LogP contribution in [0.25, 0.3) is 0 Å². The number of hydrogen-bond acceptors (Lipinski definition) is 7. The number of hydrogen-bond donors (Lipinski definition) is 2. The maximum absolute atomic E-state index is 11.7. The van der Waals surface area contributed by atoms with Crippen LogP contribution < -0.4 is 5.90 Å². The first-order valence-electron chi connectivity index (χ1n) is 11.6. The molecule has 3 N–H and O–H groups in total. The van der Waals surface area contributed by atoms with Crippen LogP contribution in [-0.2, 0) is 14.3 Å². The number of aliphatic hydroxyl groups is 1. The van der Waals surface area contributed by atoms with Gasteiger partial charge in [-0.1, -0.05) is 30.7 Å². The highest BCUT2D eigenvalue weighted by atomic mass is 16.7. The molecule has 4 fully saturated rings. The van der Waals surface area contributed by atoms with Crippen LogP contribution in [0, 0.1) is 33.5 Å². The molecule has 0 aromatic heterocycles. The van der Waals surface area contributed by atoms with E-state index in [1.165, 1.54) is 5.57 Å². The predicted molar refractivity (Wildman–Crippen MR) is 111 cm³/mol. The summed E-state index contributed by atoms with van der Waals surface area (Å²) in [5.74, 6) is 5.92. The molecule has 5 rings (SSSR count). The molecule has 4 aliphatic carbocycles. The number of nitrogens with two attached hydrogens (primary N) is 1. The van der Waals surface area contributed by atoms with Crippen molar-refractivity contribution in [3.8, 4) is 0 Å². The van der Waals surface area contributed by atoms with Gasteiger partial charge in [0.05, 0.1) is 25.4 Å². The molecule has 5 aliphatic rings. The minimum atomic E-state index is -0.712. The average Bonchev–Trinajstić information content (AvgIpc) is 3.31. The van der Waals surface area contributed by atoms with E-state index in [4.69, 9.17) is 20.2 Å². The summed E-state index contributed by atoms with van der Waals surface area (Å²) in [6.45, 7) is 7.63. The van der Waals surface area contributed by atoms with Crippen molar-refractivity contribution in [1.82, 2.24) is 0 Å². The molecule has 1 heterocycles. The fraction of sp³-hybridized carbons (Fsp3) is 0.913. The van der Waals surface area contributed by atoms with Gasteiger partial charge in [0.25, 0.3) is 0 Å². The van der Waals surface area contributed by atoms with Crippen molar-refractivity contribution in [3.63, 3.8) is 0 Å². The maximum Gasteiger partial charge on any atom is 0.169 e. The molecule has 0 amide bonds. The summed E-state index contributed by atoms with van der Waals surface area (Å²) in [5, 5.41) is 15.0. The molecular formula is C23H36N2O5. The largest absolute Gasteiger partial charge is 0.392 e. The van der Waals surface area contributed by atoms with Gasteiger partial charge in [-0.2, -0.15) is 4.91 Å². The number of fused-ring (bicyclic) bond motifs is 5. The second kappa shape index (κ2) is 6.82. The van der Waals surface area contributed by atoms with Gasteiger partial charge >= 0.3 is 0 Å². The smallest absolute Gasteiger partial charge is 0.169 e. The first kappa shape index (κ1) is 21.0. The van der Waals surface area contributed by atoms with E-state index in [-0.39, 0.29) is 29.2 Å². The normalized spacial score (nSPS) is 52.2. The summed E-state index contributed by atoms with van der Waals surface area (Å²) in [7, 11) is 0. The summed E-state index contributed by atoms with van der Waals surface area (Å²) in [4.78, 5) is 17.2. The van der Waals surface area contributed by atoms with Gasteiger partial charge in [-0.25, -0.2) is 5.90 Å². The van der Waals surface area contributed by atoms with Gasteiger partial charge in [-0.05, 0) is 69.1 Å². The molecule has 7 heteroatoms. The Balaban J connectivity index is 1.56. The van der Waals surface area contributed by atoms with Crippen molar-refractivity contribution in [3.05, 3.63) is 16.6 Å². The zero-order chi connectivity index (χ0) is 21.4. The van der Waals surface area contributed by atoms with Crippen molar-refractivity contribution >= 4 is 0 Å². The number of nitrogens with zero attached hydrogens (tertiary/aromatic N) is 1. The Morgan fingerprint density at radius 1 is 1.17 bits per heavy atom. The fourth-order valence-electron chi connectivity index (χ4n) is 8.48. The second-order valence-corrected chi connectivity index (χ2v) is 10.9. The van der Waals surface area contributed by atoms with Crippen LogP contribution in [-0.4, -0.2) is 41.9 Å². The van der Waals surface area contributed by atoms with Crippen LogP contribution in [0.5, 0.6) is 0 Å². The molecule has 0 aromatic carbocycles. The first-order valence-corrected chi connectivity index (χ1v) is 11.6. The van der Waals surface area contributed by atoms with Crippen LogP contribution in [0.2, 0.25) is 0 Å². The third-order valence-electron chi connectivity index (χ3n) is 10.2. The molecule has 30 heavy (non-hydrogen) atoms. The van der Waals surface area contributed by atoms with E-state index in [0.29, 0.717) is 19.6 Å². The zero-order valence-corrected chi connectivity index (χ0v) is 18.4. The zero-order valence-electron chi connectivity index (χ0n) is 18.4. The Morgan fingerprint density at radius 3 is 2.57 bits per heavy atom. The molecule has 168 valence electrons. The Morgan fingerprint density at radius 2 is 1.90 bits per heavy atom. The first-order chi connectivity index (χ1) is 14.2. The summed E-state index contributed by atoms with van der Waals surface area (Å²) in [6, 6.07) is -0.119. The highest BCUT2D eigenvalue weighted by Crippen LogP contribution is 2.70. The number of rotatable bonds is 3. The van der Waals surface area contributed by atoms with E-state index < -0.39 is 22.9 Å². The molecule has 3 saturated carbocycles. The lowest BCUT2D eigenvalue weighted by Gasteiger charge is -2.64. The Kier molecular flexibility index (Phi) is 4.77. The summed E-state index contributed by atoms with van der Waals surface area (Å²) >= 11 is 0. The molecule has 3 unspecified atom stereocenters. The minimum Gasteiger partial charge on any atom is -0.392 e. The second-order valence-electron chi connectivity index (χ2n) is 10.9. The molecule has 8 atom stereocenters. The molecule has 0 aromatic rings. The van der Waals surface area contributed by atoms with Gasteiger partial charge in [0.1, 0.15) is 5.60 Å². The van der Waals surface area contributed by atoms with Gasteiger partial charge in [-0.3, -0.25) is 4.84 Å². The summed E-state index contributed by atoms with van der Waals surface area (Å²) in [6.07, 6.45) is 7.48. The standard InChI is InChI=1S/C23H36N2O5/c1-20-8-6-15(25-27)12-14(20)4-5-16-17(20)13-19(26)21(2)18(7-9-23(16,21)30-24)22(3)28-10-11-29-22/h4,15-19,26H,5-13,24H2,1-3H3/t15-,16?,17?,18?,19+,20-,21-,23-/m0/s1. The van der Waals surface area contributed by atoms with Gasteiger partial charge < -0.3 is 14.6 Å². The third kappa shape index (κ3) is 2.44. The fourth-order valence-corrected chi connectivity index (χ4v) is 8.48. The van der Waals surface area contributed by atoms with Gasteiger partial charge in [0.15, 0.2) is 5.79 Å². The molecule has 0 radical (unpaired) electrons. The molecule has 1 saturated heterocycles. The summed E-state index contributed by atoms with van der Waals surface area (Å²) in [5.41, 5.74) is 0.126. The van der Waals surface area contributed by atoms with Gasteiger partial charge in [0, 0.05) is 11.3 Å². The van der Waals surface area contributed by atoms with Crippen LogP contribution in [0.3, 0.4) is 0 Å². The molecule has 0 spiro atoms. The molecule has 1 aliphatic heterocycles. The molecule has 0 bridgehead atoms. The average molecular weight is 421 g/mol. The predicted octanol–water partition coefficient (Wildman–Crippen LogP) is 3.45. The minimum absolute atomic E-state index is 0.0141. The van der Waals surface area contributed by atoms with Gasteiger partial charge in [-0.15, -0.1) is 0 Å². The Labute approximate surface area is 178 Å². The molecule has 7 nitrogen and oxygen atoms in total. The highest BCUT2D eigenvalue weighted by Gasteiger charge is 2.74. The quantitative estimate of drug-likeness (QED) is 0.412.